The van der Waals surface area contributed by atoms with Crippen molar-refractivity contribution in [3.63, 3.8) is 0 Å². The van der Waals surface area contributed by atoms with Crippen LogP contribution in [0.15, 0.2) is 16.8 Å². The van der Waals surface area contributed by atoms with E-state index in [1.54, 1.807) is 11.3 Å². The van der Waals surface area contributed by atoms with Crippen LogP contribution < -0.4 is 0 Å². The molecule has 0 fully saturated rings. The van der Waals surface area contributed by atoms with E-state index in [-0.39, 0.29) is 0 Å². The molecule has 3 aromatic rings. The van der Waals surface area contributed by atoms with Crippen molar-refractivity contribution in [1.29, 1.82) is 0 Å². The maximum absolute atomic E-state index is 2.29. The summed E-state index contributed by atoms with van der Waals surface area (Å²) in [6.45, 7) is 2.18. The fourth-order valence-electron chi connectivity index (χ4n) is 1.40. The molecular formula is C9H6S3. The molecule has 0 unspecified atom stereocenters. The molecule has 0 aliphatic rings. The Morgan fingerprint density at radius 1 is 1.08 bits per heavy atom. The van der Waals surface area contributed by atoms with Crippen LogP contribution in [-0.4, -0.2) is 0 Å². The molecular weight excluding hydrogens is 204 g/mol. The molecule has 3 heterocycles. The van der Waals surface area contributed by atoms with Gasteiger partial charge in [-0.15, -0.1) is 22.7 Å². The zero-order chi connectivity index (χ0) is 8.13. The first-order chi connectivity index (χ1) is 5.84. The van der Waals surface area contributed by atoms with E-state index < -0.39 is 0 Å². The highest BCUT2D eigenvalue weighted by Crippen LogP contribution is 2.40. The standard InChI is InChI=1S/C9H6S3/c1-5-2-7-9(11-5)6-3-10-4-8(6)12-7/h2-4H,1H3. The van der Waals surface area contributed by atoms with E-state index in [2.05, 4.69) is 23.8 Å². The van der Waals surface area contributed by atoms with Gasteiger partial charge in [-0.2, -0.15) is 11.3 Å². The number of rotatable bonds is 0. The van der Waals surface area contributed by atoms with Gasteiger partial charge in [-0.3, -0.25) is 0 Å². The summed E-state index contributed by atoms with van der Waals surface area (Å²) >= 11 is 5.62. The highest BCUT2D eigenvalue weighted by atomic mass is 32.1. The molecule has 0 N–H and O–H groups in total. The van der Waals surface area contributed by atoms with Crippen LogP contribution in [-0.2, 0) is 0 Å². The molecule has 3 aromatic heterocycles. The molecule has 0 bridgehead atoms. The summed E-state index contributed by atoms with van der Waals surface area (Å²) in [6, 6.07) is 2.29. The van der Waals surface area contributed by atoms with Crippen molar-refractivity contribution in [1.82, 2.24) is 0 Å². The topological polar surface area (TPSA) is 0 Å². The maximum Gasteiger partial charge on any atom is 0.0540 e. The zero-order valence-corrected chi connectivity index (χ0v) is 8.91. The molecule has 12 heavy (non-hydrogen) atoms. The van der Waals surface area contributed by atoms with Gasteiger partial charge in [-0.1, -0.05) is 0 Å². The van der Waals surface area contributed by atoms with E-state index in [1.165, 1.54) is 24.4 Å². The molecule has 0 aromatic carbocycles. The smallest absolute Gasteiger partial charge is 0.0540 e. The third-order valence-electron chi connectivity index (χ3n) is 1.91. The predicted molar refractivity (Wildman–Crippen MR) is 59.8 cm³/mol. The number of hydrogen-bond donors (Lipinski definition) is 0. The first-order valence-corrected chi connectivity index (χ1v) is 6.27. The van der Waals surface area contributed by atoms with Crippen LogP contribution in [0.4, 0.5) is 0 Å². The third kappa shape index (κ3) is 0.815. The summed E-state index contributed by atoms with van der Waals surface area (Å²) in [5.74, 6) is 0. The number of thiophene rings is 3. The number of hydrogen-bond acceptors (Lipinski definition) is 3. The lowest BCUT2D eigenvalue weighted by molar-refractivity contribution is 1.66. The van der Waals surface area contributed by atoms with Gasteiger partial charge in [0.1, 0.15) is 0 Å². The van der Waals surface area contributed by atoms with Crippen molar-refractivity contribution >= 4 is 53.5 Å². The molecule has 0 spiro atoms. The average molecular weight is 210 g/mol. The van der Waals surface area contributed by atoms with Gasteiger partial charge >= 0.3 is 0 Å². The Hall–Kier alpha value is -0.380. The van der Waals surface area contributed by atoms with E-state index in [0.29, 0.717) is 0 Å². The summed E-state index contributed by atoms with van der Waals surface area (Å²) in [6.07, 6.45) is 0. The molecule has 0 saturated carbocycles. The minimum Gasteiger partial charge on any atom is -0.150 e. The van der Waals surface area contributed by atoms with E-state index in [0.717, 1.165) is 0 Å². The zero-order valence-electron chi connectivity index (χ0n) is 6.46. The monoisotopic (exact) mass is 210 g/mol. The van der Waals surface area contributed by atoms with E-state index in [1.807, 2.05) is 22.7 Å². The summed E-state index contributed by atoms with van der Waals surface area (Å²) < 4.78 is 4.38. The van der Waals surface area contributed by atoms with Crippen molar-refractivity contribution in [2.45, 2.75) is 6.92 Å². The average Bonchev–Trinajstić information content (AvgIpc) is 2.59. The Labute approximate surface area is 82.1 Å². The molecule has 0 aliphatic carbocycles. The largest absolute Gasteiger partial charge is 0.150 e. The lowest BCUT2D eigenvalue weighted by atomic mass is 10.4. The fourth-order valence-corrected chi connectivity index (χ4v) is 4.88. The van der Waals surface area contributed by atoms with E-state index >= 15 is 0 Å². The molecule has 0 nitrogen and oxygen atoms in total. The summed E-state index contributed by atoms with van der Waals surface area (Å²) in [7, 11) is 0. The molecule has 0 atom stereocenters. The van der Waals surface area contributed by atoms with Crippen LogP contribution in [0.1, 0.15) is 4.88 Å². The van der Waals surface area contributed by atoms with Crippen LogP contribution in [0.3, 0.4) is 0 Å². The summed E-state index contributed by atoms with van der Waals surface area (Å²) in [5.41, 5.74) is 0. The molecule has 0 radical (unpaired) electrons. The predicted octanol–water partition coefficient (Wildman–Crippen LogP) is 4.49. The number of fused-ring (bicyclic) bond motifs is 3. The van der Waals surface area contributed by atoms with Crippen molar-refractivity contribution in [3.05, 3.63) is 21.7 Å². The van der Waals surface area contributed by atoms with Gasteiger partial charge in [-0.25, -0.2) is 0 Å². The Morgan fingerprint density at radius 2 is 2.00 bits per heavy atom. The van der Waals surface area contributed by atoms with Crippen molar-refractivity contribution in [3.8, 4) is 0 Å². The van der Waals surface area contributed by atoms with E-state index in [4.69, 9.17) is 0 Å². The second kappa shape index (κ2) is 2.31. The van der Waals surface area contributed by atoms with Gasteiger partial charge in [0.15, 0.2) is 0 Å². The van der Waals surface area contributed by atoms with Crippen LogP contribution in [0, 0.1) is 6.92 Å². The van der Waals surface area contributed by atoms with Gasteiger partial charge in [-0.05, 0) is 13.0 Å². The summed E-state index contributed by atoms with van der Waals surface area (Å²) in [5, 5.41) is 5.95. The highest BCUT2D eigenvalue weighted by Gasteiger charge is 2.07. The first kappa shape index (κ1) is 7.06. The first-order valence-electron chi connectivity index (χ1n) is 3.69. The van der Waals surface area contributed by atoms with Crippen LogP contribution in [0.25, 0.3) is 19.5 Å². The van der Waals surface area contributed by atoms with Crippen LogP contribution in [0.5, 0.6) is 0 Å². The van der Waals surface area contributed by atoms with Crippen LogP contribution >= 0.6 is 34.0 Å². The molecule has 60 valence electrons. The molecule has 0 amide bonds. The third-order valence-corrected chi connectivity index (χ3v) is 5.12. The van der Waals surface area contributed by atoms with Crippen molar-refractivity contribution < 1.29 is 0 Å². The molecule has 3 rings (SSSR count). The lowest BCUT2D eigenvalue weighted by Crippen LogP contribution is -1.46. The Bertz CT molecular complexity index is 538. The van der Waals surface area contributed by atoms with Crippen molar-refractivity contribution in [2.24, 2.45) is 0 Å². The Kier molecular flexibility index (Phi) is 1.36. The quantitative estimate of drug-likeness (QED) is 0.513. The van der Waals surface area contributed by atoms with Crippen LogP contribution in [0.2, 0.25) is 0 Å². The summed E-state index contributed by atoms with van der Waals surface area (Å²) in [4.78, 5) is 1.42. The second-order valence-corrected chi connectivity index (χ2v) is 5.89. The van der Waals surface area contributed by atoms with Gasteiger partial charge in [0.2, 0.25) is 0 Å². The van der Waals surface area contributed by atoms with Gasteiger partial charge < -0.3 is 0 Å². The van der Waals surface area contributed by atoms with Gasteiger partial charge in [0.25, 0.3) is 0 Å². The molecule has 0 aliphatic heterocycles. The lowest BCUT2D eigenvalue weighted by Gasteiger charge is -1.75. The molecule has 3 heteroatoms. The maximum atomic E-state index is 2.29. The van der Waals surface area contributed by atoms with Crippen molar-refractivity contribution in [2.75, 3.05) is 0 Å². The fraction of sp³-hybridized carbons (Fsp3) is 0.111. The highest BCUT2D eigenvalue weighted by molar-refractivity contribution is 7.34. The Balaban J connectivity index is 2.64. The van der Waals surface area contributed by atoms with E-state index in [9.17, 15) is 0 Å². The number of aryl methyl sites for hydroxylation is 1. The minimum atomic E-state index is 1.42. The normalized spacial score (nSPS) is 11.8. The van der Waals surface area contributed by atoms with Gasteiger partial charge in [0.05, 0.1) is 4.70 Å². The molecule has 0 saturated heterocycles. The second-order valence-electron chi connectivity index (χ2n) is 2.80. The van der Waals surface area contributed by atoms with Gasteiger partial charge in [0, 0.05) is 30.4 Å². The minimum absolute atomic E-state index is 1.42. The Morgan fingerprint density at radius 3 is 2.92 bits per heavy atom. The SMILES string of the molecule is Cc1cc2sc3cscc3c2s1.